The van der Waals surface area contributed by atoms with Crippen LogP contribution < -0.4 is 9.47 Å². The summed E-state index contributed by atoms with van der Waals surface area (Å²) >= 11 is 0.851. The lowest BCUT2D eigenvalue weighted by atomic mass is 10.2. The van der Waals surface area contributed by atoms with E-state index < -0.39 is 6.61 Å². The van der Waals surface area contributed by atoms with Crippen molar-refractivity contribution < 1.29 is 27.8 Å². The first-order valence-corrected chi connectivity index (χ1v) is 7.66. The molecule has 0 aliphatic carbocycles. The number of imide groups is 1. The van der Waals surface area contributed by atoms with E-state index in [9.17, 15) is 18.4 Å². The number of nitrogens with zero attached hydrogens (tertiary/aromatic N) is 1. The molecule has 1 aliphatic rings. The maximum Gasteiger partial charge on any atom is 0.387 e. The third-order valence-electron chi connectivity index (χ3n) is 3.02. The van der Waals surface area contributed by atoms with E-state index in [1.807, 2.05) is 6.92 Å². The quantitative estimate of drug-likeness (QED) is 0.737. The number of halogens is 2. The van der Waals surface area contributed by atoms with E-state index in [4.69, 9.17) is 4.74 Å². The van der Waals surface area contributed by atoms with Crippen molar-refractivity contribution in [2.75, 3.05) is 13.7 Å². The molecule has 0 radical (unpaired) electrons. The Kier molecular flexibility index (Phi) is 5.59. The molecule has 2 amide bonds. The van der Waals surface area contributed by atoms with Crippen molar-refractivity contribution in [3.63, 3.8) is 0 Å². The van der Waals surface area contributed by atoms with Crippen molar-refractivity contribution in [2.45, 2.75) is 20.0 Å². The van der Waals surface area contributed by atoms with E-state index in [0.717, 1.165) is 11.8 Å². The maximum atomic E-state index is 12.3. The van der Waals surface area contributed by atoms with Crippen LogP contribution in [-0.2, 0) is 4.79 Å². The third kappa shape index (κ3) is 4.01. The predicted octanol–water partition coefficient (Wildman–Crippen LogP) is 3.74. The zero-order valence-corrected chi connectivity index (χ0v) is 13.4. The van der Waals surface area contributed by atoms with Crippen LogP contribution in [0.5, 0.6) is 11.5 Å². The smallest absolute Gasteiger partial charge is 0.387 e. The minimum atomic E-state index is -2.96. The van der Waals surface area contributed by atoms with Crippen molar-refractivity contribution in [1.29, 1.82) is 0 Å². The normalized spacial score (nSPS) is 16.6. The highest BCUT2D eigenvalue weighted by molar-refractivity contribution is 8.18. The highest BCUT2D eigenvalue weighted by atomic mass is 32.2. The molecule has 1 fully saturated rings. The fourth-order valence-corrected chi connectivity index (χ4v) is 2.90. The van der Waals surface area contributed by atoms with Crippen LogP contribution in [0.15, 0.2) is 23.1 Å². The second kappa shape index (κ2) is 7.45. The van der Waals surface area contributed by atoms with Gasteiger partial charge in [0, 0.05) is 6.54 Å². The van der Waals surface area contributed by atoms with Gasteiger partial charge in [-0.05, 0) is 42.0 Å². The van der Waals surface area contributed by atoms with E-state index in [1.165, 1.54) is 36.3 Å². The van der Waals surface area contributed by atoms with Crippen molar-refractivity contribution in [2.24, 2.45) is 0 Å². The molecule has 0 bridgehead atoms. The molecule has 0 N–H and O–H groups in total. The van der Waals surface area contributed by atoms with Gasteiger partial charge in [0.15, 0.2) is 11.5 Å². The van der Waals surface area contributed by atoms with Crippen LogP contribution in [0, 0.1) is 0 Å². The first-order chi connectivity index (χ1) is 11.0. The van der Waals surface area contributed by atoms with E-state index in [2.05, 4.69) is 4.74 Å². The summed E-state index contributed by atoms with van der Waals surface area (Å²) in [4.78, 5) is 25.4. The average Bonchev–Trinajstić information content (AvgIpc) is 2.76. The SMILES string of the molecule is CCCN1C(=O)S/C(=C\c2ccc(OC(F)F)c(OC)c2)C1=O. The molecular weight excluding hydrogens is 328 g/mol. The molecule has 0 aromatic heterocycles. The molecule has 124 valence electrons. The zero-order chi connectivity index (χ0) is 17.0. The number of methoxy groups -OCH3 is 1. The second-order valence-corrected chi connectivity index (χ2v) is 5.62. The van der Waals surface area contributed by atoms with Crippen LogP contribution in [0.25, 0.3) is 6.08 Å². The monoisotopic (exact) mass is 343 g/mol. The van der Waals surface area contributed by atoms with Crippen molar-refractivity contribution in [3.8, 4) is 11.5 Å². The van der Waals surface area contributed by atoms with Crippen molar-refractivity contribution in [3.05, 3.63) is 28.7 Å². The fourth-order valence-electron chi connectivity index (χ4n) is 2.04. The summed E-state index contributed by atoms with van der Waals surface area (Å²) in [6.07, 6.45) is 2.20. The summed E-state index contributed by atoms with van der Waals surface area (Å²) in [5, 5.41) is -0.312. The number of alkyl halides is 2. The van der Waals surface area contributed by atoms with Gasteiger partial charge in [-0.3, -0.25) is 14.5 Å². The molecule has 5 nitrogen and oxygen atoms in total. The summed E-state index contributed by atoms with van der Waals surface area (Å²) in [7, 11) is 1.33. The largest absolute Gasteiger partial charge is 0.493 e. The number of carbonyl (C=O) groups is 2. The zero-order valence-electron chi connectivity index (χ0n) is 12.5. The predicted molar refractivity (Wildman–Crippen MR) is 82.6 cm³/mol. The lowest BCUT2D eigenvalue weighted by molar-refractivity contribution is -0.122. The highest BCUT2D eigenvalue weighted by Gasteiger charge is 2.34. The minimum absolute atomic E-state index is 0.0984. The van der Waals surface area contributed by atoms with Crippen molar-refractivity contribution in [1.82, 2.24) is 4.90 Å². The summed E-state index contributed by atoms with van der Waals surface area (Å²) in [6.45, 7) is -0.716. The molecule has 0 unspecified atom stereocenters. The van der Waals surface area contributed by atoms with Gasteiger partial charge in [-0.15, -0.1) is 0 Å². The van der Waals surface area contributed by atoms with Gasteiger partial charge in [0.2, 0.25) is 0 Å². The standard InChI is InChI=1S/C15H15F2NO4S/c1-3-6-18-13(19)12(23-15(18)20)8-9-4-5-10(22-14(16)17)11(7-9)21-2/h4-5,7-8,14H,3,6H2,1-2H3/b12-8-. The van der Waals surface area contributed by atoms with Crippen LogP contribution in [0.3, 0.4) is 0 Å². The molecule has 1 saturated heterocycles. The molecule has 8 heteroatoms. The van der Waals surface area contributed by atoms with E-state index in [0.29, 0.717) is 18.5 Å². The van der Waals surface area contributed by atoms with E-state index in [-0.39, 0.29) is 27.6 Å². The lowest BCUT2D eigenvalue weighted by Crippen LogP contribution is -2.28. The van der Waals surface area contributed by atoms with Crippen molar-refractivity contribution >= 4 is 29.0 Å². The Bertz CT molecular complexity index is 648. The first kappa shape index (κ1) is 17.3. The topological polar surface area (TPSA) is 55.8 Å². The van der Waals surface area contributed by atoms with Gasteiger partial charge >= 0.3 is 6.61 Å². The van der Waals surface area contributed by atoms with Crippen LogP contribution in [-0.4, -0.2) is 36.3 Å². The Morgan fingerprint density at radius 2 is 2.04 bits per heavy atom. The van der Waals surface area contributed by atoms with Gasteiger partial charge < -0.3 is 9.47 Å². The summed E-state index contributed by atoms with van der Waals surface area (Å²) < 4.78 is 33.9. The second-order valence-electron chi connectivity index (χ2n) is 4.62. The number of rotatable bonds is 6. The Morgan fingerprint density at radius 1 is 1.30 bits per heavy atom. The number of hydrogen-bond acceptors (Lipinski definition) is 5. The van der Waals surface area contributed by atoms with Crippen LogP contribution in [0.4, 0.5) is 13.6 Å². The Morgan fingerprint density at radius 3 is 2.65 bits per heavy atom. The lowest BCUT2D eigenvalue weighted by Gasteiger charge is -2.10. The Labute approximate surface area is 136 Å². The van der Waals surface area contributed by atoms with Crippen LogP contribution >= 0.6 is 11.8 Å². The Hall–Kier alpha value is -2.09. The first-order valence-electron chi connectivity index (χ1n) is 6.84. The summed E-state index contributed by atoms with van der Waals surface area (Å²) in [6, 6.07) is 4.30. The van der Waals surface area contributed by atoms with Gasteiger partial charge in [-0.25, -0.2) is 0 Å². The molecule has 1 aromatic rings. The summed E-state index contributed by atoms with van der Waals surface area (Å²) in [5.74, 6) is -0.334. The maximum absolute atomic E-state index is 12.3. The molecule has 1 aromatic carbocycles. The molecule has 1 heterocycles. The van der Waals surface area contributed by atoms with Gasteiger partial charge in [-0.1, -0.05) is 13.0 Å². The number of hydrogen-bond donors (Lipinski definition) is 0. The van der Waals surface area contributed by atoms with Gasteiger partial charge in [0.1, 0.15) is 0 Å². The molecule has 0 atom stereocenters. The molecule has 23 heavy (non-hydrogen) atoms. The Balaban J connectivity index is 2.26. The van der Waals surface area contributed by atoms with Gasteiger partial charge in [0.25, 0.3) is 11.1 Å². The van der Waals surface area contributed by atoms with E-state index in [1.54, 1.807) is 0 Å². The highest BCUT2D eigenvalue weighted by Crippen LogP contribution is 2.34. The van der Waals surface area contributed by atoms with Gasteiger partial charge in [-0.2, -0.15) is 8.78 Å². The third-order valence-corrected chi connectivity index (χ3v) is 3.93. The number of amides is 2. The molecular formula is C15H15F2NO4S. The molecule has 1 aliphatic heterocycles. The molecule has 0 spiro atoms. The number of benzene rings is 1. The molecule has 2 rings (SSSR count). The number of thioether (sulfide) groups is 1. The van der Waals surface area contributed by atoms with E-state index >= 15 is 0 Å². The summed E-state index contributed by atoms with van der Waals surface area (Å²) in [5.41, 5.74) is 0.547. The average molecular weight is 343 g/mol. The van der Waals surface area contributed by atoms with Gasteiger partial charge in [0.05, 0.1) is 12.0 Å². The fraction of sp³-hybridized carbons (Fsp3) is 0.333. The minimum Gasteiger partial charge on any atom is -0.493 e. The number of carbonyl (C=O) groups excluding carboxylic acids is 2. The van der Waals surface area contributed by atoms with Crippen LogP contribution in [0.1, 0.15) is 18.9 Å². The van der Waals surface area contributed by atoms with Crippen LogP contribution in [0.2, 0.25) is 0 Å². The number of ether oxygens (including phenoxy) is 2. The molecule has 0 saturated carbocycles.